The quantitative estimate of drug-likeness (QED) is 0.493. The standard InChI is InChI=1S/C22H27N7OS/c1-14(2)29-22-19(21(23)24-13-25-22)20(27-29)15-5-6-16-17(12-15)31-18(26-16)4-3-7-28-8-10-30-11-9-28/h5-6,12-14H,3-4,7-11H2,1-2H3,(H2,23,24,25). The van der Waals surface area contributed by atoms with Crippen LogP contribution in [-0.2, 0) is 11.2 Å². The summed E-state index contributed by atoms with van der Waals surface area (Å²) in [6.45, 7) is 9.04. The molecule has 9 heteroatoms. The maximum absolute atomic E-state index is 6.21. The number of morpholine rings is 1. The third kappa shape index (κ3) is 4.00. The molecule has 1 saturated heterocycles. The van der Waals surface area contributed by atoms with E-state index >= 15 is 0 Å². The fourth-order valence-electron chi connectivity index (χ4n) is 4.06. The van der Waals surface area contributed by atoms with Gasteiger partial charge in [0.2, 0.25) is 0 Å². The molecule has 0 amide bonds. The lowest BCUT2D eigenvalue weighted by Crippen LogP contribution is -2.36. The van der Waals surface area contributed by atoms with Crippen LogP contribution in [0.1, 0.15) is 31.3 Å². The second-order valence-corrected chi connectivity index (χ2v) is 9.31. The first kappa shape index (κ1) is 20.3. The molecular formula is C22H27N7OS. The number of aryl methyl sites for hydroxylation is 1. The second kappa shape index (κ2) is 8.49. The Morgan fingerprint density at radius 1 is 1.19 bits per heavy atom. The highest BCUT2D eigenvalue weighted by Crippen LogP contribution is 2.34. The summed E-state index contributed by atoms with van der Waals surface area (Å²) in [5, 5.41) is 6.83. The molecule has 162 valence electrons. The zero-order valence-electron chi connectivity index (χ0n) is 17.9. The van der Waals surface area contributed by atoms with Gasteiger partial charge in [0.15, 0.2) is 5.65 Å². The number of benzene rings is 1. The van der Waals surface area contributed by atoms with Crippen molar-refractivity contribution >= 4 is 38.4 Å². The van der Waals surface area contributed by atoms with Crippen molar-refractivity contribution in [1.82, 2.24) is 29.6 Å². The highest BCUT2D eigenvalue weighted by atomic mass is 32.1. The van der Waals surface area contributed by atoms with Crippen LogP contribution in [0.4, 0.5) is 5.82 Å². The number of aromatic nitrogens is 5. The van der Waals surface area contributed by atoms with Gasteiger partial charge in [-0.15, -0.1) is 11.3 Å². The fourth-order valence-corrected chi connectivity index (χ4v) is 5.11. The molecule has 2 N–H and O–H groups in total. The van der Waals surface area contributed by atoms with Crippen LogP contribution >= 0.6 is 11.3 Å². The number of hydrogen-bond donors (Lipinski definition) is 1. The predicted molar refractivity (Wildman–Crippen MR) is 124 cm³/mol. The number of rotatable bonds is 6. The van der Waals surface area contributed by atoms with Crippen molar-refractivity contribution in [2.24, 2.45) is 0 Å². The molecule has 1 aliphatic rings. The van der Waals surface area contributed by atoms with Gasteiger partial charge in [-0.05, 0) is 38.9 Å². The van der Waals surface area contributed by atoms with Crippen molar-refractivity contribution in [3.05, 3.63) is 29.5 Å². The number of hydrogen-bond acceptors (Lipinski definition) is 8. The van der Waals surface area contributed by atoms with Crippen LogP contribution in [-0.4, -0.2) is 62.5 Å². The maximum atomic E-state index is 6.21. The van der Waals surface area contributed by atoms with E-state index in [1.54, 1.807) is 11.3 Å². The smallest absolute Gasteiger partial charge is 0.164 e. The van der Waals surface area contributed by atoms with Crippen LogP contribution in [0.15, 0.2) is 24.5 Å². The number of nitrogens with zero attached hydrogens (tertiary/aromatic N) is 6. The molecule has 0 bridgehead atoms. The number of nitrogens with two attached hydrogens (primary N) is 1. The van der Waals surface area contributed by atoms with Crippen molar-refractivity contribution in [3.8, 4) is 11.3 Å². The molecule has 1 aliphatic heterocycles. The van der Waals surface area contributed by atoms with Gasteiger partial charge >= 0.3 is 0 Å². The molecule has 0 unspecified atom stereocenters. The van der Waals surface area contributed by atoms with E-state index in [4.69, 9.17) is 20.6 Å². The number of fused-ring (bicyclic) bond motifs is 2. The minimum Gasteiger partial charge on any atom is -0.383 e. The van der Waals surface area contributed by atoms with Gasteiger partial charge in [0.25, 0.3) is 0 Å². The Morgan fingerprint density at radius 3 is 2.84 bits per heavy atom. The number of anilines is 1. The van der Waals surface area contributed by atoms with Crippen LogP contribution < -0.4 is 5.73 Å². The van der Waals surface area contributed by atoms with Gasteiger partial charge < -0.3 is 10.5 Å². The van der Waals surface area contributed by atoms with Crippen LogP contribution in [0.25, 0.3) is 32.5 Å². The SMILES string of the molecule is CC(C)n1nc(-c2ccc3nc(CCCN4CCOCC4)sc3c2)c2c(N)ncnc21. The minimum absolute atomic E-state index is 0.177. The van der Waals surface area contributed by atoms with Crippen molar-refractivity contribution in [3.63, 3.8) is 0 Å². The van der Waals surface area contributed by atoms with Crippen LogP contribution in [0.5, 0.6) is 0 Å². The van der Waals surface area contributed by atoms with Gasteiger partial charge in [0, 0.05) is 31.1 Å². The van der Waals surface area contributed by atoms with Crippen molar-refractivity contribution in [2.75, 3.05) is 38.6 Å². The summed E-state index contributed by atoms with van der Waals surface area (Å²) >= 11 is 1.76. The Hall–Kier alpha value is -2.62. The molecule has 0 atom stereocenters. The molecule has 4 heterocycles. The summed E-state index contributed by atoms with van der Waals surface area (Å²) in [7, 11) is 0. The summed E-state index contributed by atoms with van der Waals surface area (Å²) in [5.41, 5.74) is 9.86. The first-order chi connectivity index (χ1) is 15.1. The van der Waals surface area contributed by atoms with Crippen molar-refractivity contribution < 1.29 is 4.74 Å². The van der Waals surface area contributed by atoms with Gasteiger partial charge in [-0.3, -0.25) is 4.90 Å². The first-order valence-corrected chi connectivity index (χ1v) is 11.6. The number of nitrogen functional groups attached to an aromatic ring is 1. The summed E-state index contributed by atoms with van der Waals surface area (Å²) in [5.74, 6) is 0.458. The highest BCUT2D eigenvalue weighted by Gasteiger charge is 2.19. The Bertz CT molecular complexity index is 1210. The van der Waals surface area contributed by atoms with Gasteiger partial charge in [-0.2, -0.15) is 5.10 Å². The lowest BCUT2D eigenvalue weighted by molar-refractivity contribution is 0.0375. The fraction of sp³-hybridized carbons (Fsp3) is 0.455. The molecule has 0 spiro atoms. The average molecular weight is 438 g/mol. The maximum Gasteiger partial charge on any atom is 0.164 e. The van der Waals surface area contributed by atoms with E-state index < -0.39 is 0 Å². The molecule has 1 fully saturated rings. The summed E-state index contributed by atoms with van der Waals surface area (Å²) in [6.07, 6.45) is 3.61. The van der Waals surface area contributed by atoms with Gasteiger partial charge in [0.1, 0.15) is 17.8 Å². The van der Waals surface area contributed by atoms with E-state index in [-0.39, 0.29) is 6.04 Å². The molecule has 1 aromatic carbocycles. The Morgan fingerprint density at radius 2 is 2.03 bits per heavy atom. The van der Waals surface area contributed by atoms with Crippen molar-refractivity contribution in [2.45, 2.75) is 32.7 Å². The van der Waals surface area contributed by atoms with E-state index in [2.05, 4.69) is 46.9 Å². The zero-order valence-corrected chi connectivity index (χ0v) is 18.7. The summed E-state index contributed by atoms with van der Waals surface area (Å²) in [4.78, 5) is 15.9. The zero-order chi connectivity index (χ0) is 21.4. The van der Waals surface area contributed by atoms with Gasteiger partial charge in [-0.1, -0.05) is 6.07 Å². The van der Waals surface area contributed by atoms with E-state index in [1.165, 1.54) is 16.0 Å². The molecule has 3 aromatic heterocycles. The molecule has 8 nitrogen and oxygen atoms in total. The lowest BCUT2D eigenvalue weighted by Gasteiger charge is -2.26. The summed E-state index contributed by atoms with van der Waals surface area (Å²) in [6, 6.07) is 6.48. The molecular weight excluding hydrogens is 410 g/mol. The largest absolute Gasteiger partial charge is 0.383 e. The molecule has 5 rings (SSSR count). The van der Waals surface area contributed by atoms with E-state index in [9.17, 15) is 0 Å². The normalized spacial score (nSPS) is 15.5. The number of thiazole rings is 1. The van der Waals surface area contributed by atoms with Gasteiger partial charge in [-0.25, -0.2) is 19.6 Å². The second-order valence-electron chi connectivity index (χ2n) is 8.19. The van der Waals surface area contributed by atoms with Gasteiger partial charge in [0.05, 0.1) is 33.8 Å². The van der Waals surface area contributed by atoms with E-state index in [1.807, 2.05) is 4.68 Å². The highest BCUT2D eigenvalue weighted by molar-refractivity contribution is 7.18. The average Bonchev–Trinajstić information content (AvgIpc) is 3.36. The molecule has 4 aromatic rings. The molecule has 0 radical (unpaired) electrons. The Balaban J connectivity index is 1.41. The molecule has 0 saturated carbocycles. The first-order valence-electron chi connectivity index (χ1n) is 10.8. The van der Waals surface area contributed by atoms with Crippen LogP contribution in [0.2, 0.25) is 0 Å². The lowest BCUT2D eigenvalue weighted by atomic mass is 10.1. The third-order valence-electron chi connectivity index (χ3n) is 5.68. The van der Waals surface area contributed by atoms with Crippen LogP contribution in [0.3, 0.4) is 0 Å². The predicted octanol–water partition coefficient (Wildman–Crippen LogP) is 3.53. The Kier molecular flexibility index (Phi) is 5.56. The molecule has 31 heavy (non-hydrogen) atoms. The minimum atomic E-state index is 0.177. The van der Waals surface area contributed by atoms with E-state index in [0.717, 1.165) is 73.5 Å². The monoisotopic (exact) mass is 437 g/mol. The summed E-state index contributed by atoms with van der Waals surface area (Å²) < 4.78 is 8.51. The number of ether oxygens (including phenoxy) is 1. The van der Waals surface area contributed by atoms with E-state index in [0.29, 0.717) is 5.82 Å². The topological polar surface area (TPSA) is 95.0 Å². The van der Waals surface area contributed by atoms with Crippen molar-refractivity contribution in [1.29, 1.82) is 0 Å². The third-order valence-corrected chi connectivity index (χ3v) is 6.76. The molecule has 0 aliphatic carbocycles. The van der Waals surface area contributed by atoms with Crippen LogP contribution in [0, 0.1) is 0 Å². The Labute approximate surface area is 185 Å².